The standard InChI is InChI=1S/C17H13N5/c18-15-13-14(11-7-3-1-4-8-11)21-22-17(13)20-16(19-15)12-9-5-2-6-10-12/h1-10H,(H3,18,19,20,21,22). The van der Waals surface area contributed by atoms with Gasteiger partial charge in [0.2, 0.25) is 0 Å². The third-order valence-electron chi connectivity index (χ3n) is 3.54. The quantitative estimate of drug-likeness (QED) is 0.593. The van der Waals surface area contributed by atoms with Gasteiger partial charge < -0.3 is 5.73 Å². The maximum atomic E-state index is 6.17. The number of rotatable bonds is 2. The number of hydrogen-bond donors (Lipinski definition) is 2. The molecule has 0 aliphatic carbocycles. The van der Waals surface area contributed by atoms with Gasteiger partial charge in [-0.05, 0) is 0 Å². The van der Waals surface area contributed by atoms with E-state index < -0.39 is 0 Å². The van der Waals surface area contributed by atoms with Crippen LogP contribution < -0.4 is 5.73 Å². The fourth-order valence-electron chi connectivity index (χ4n) is 2.48. The van der Waals surface area contributed by atoms with E-state index in [1.165, 1.54) is 0 Å². The van der Waals surface area contributed by atoms with E-state index in [1.54, 1.807) is 0 Å². The van der Waals surface area contributed by atoms with Crippen molar-refractivity contribution in [3.05, 3.63) is 60.7 Å². The SMILES string of the molecule is Nc1nc(-c2ccccc2)nc2n[nH]c(-c3ccccc3)c12. The number of anilines is 1. The monoisotopic (exact) mass is 287 g/mol. The van der Waals surface area contributed by atoms with Crippen molar-refractivity contribution >= 4 is 16.9 Å². The molecule has 2 aromatic heterocycles. The predicted octanol–water partition coefficient (Wildman–Crippen LogP) is 3.27. The summed E-state index contributed by atoms with van der Waals surface area (Å²) in [7, 11) is 0. The van der Waals surface area contributed by atoms with Crippen molar-refractivity contribution in [3.63, 3.8) is 0 Å². The molecule has 0 amide bonds. The summed E-state index contributed by atoms with van der Waals surface area (Å²) in [4.78, 5) is 8.96. The molecule has 0 bridgehead atoms. The number of nitrogens with two attached hydrogens (primary N) is 1. The van der Waals surface area contributed by atoms with Crippen LogP contribution in [-0.4, -0.2) is 20.2 Å². The molecule has 0 aliphatic rings. The number of nitrogens with zero attached hydrogens (tertiary/aromatic N) is 3. The zero-order valence-electron chi connectivity index (χ0n) is 11.7. The van der Waals surface area contributed by atoms with Crippen molar-refractivity contribution in [1.82, 2.24) is 20.2 Å². The molecule has 0 saturated carbocycles. The Kier molecular flexibility index (Phi) is 2.83. The largest absolute Gasteiger partial charge is 0.383 e. The summed E-state index contributed by atoms with van der Waals surface area (Å²) in [5, 5.41) is 8.06. The van der Waals surface area contributed by atoms with Crippen molar-refractivity contribution in [3.8, 4) is 22.6 Å². The van der Waals surface area contributed by atoms with Gasteiger partial charge in [-0.2, -0.15) is 5.10 Å². The van der Waals surface area contributed by atoms with E-state index in [-0.39, 0.29) is 0 Å². The summed E-state index contributed by atoms with van der Waals surface area (Å²) in [6.45, 7) is 0. The molecule has 0 radical (unpaired) electrons. The van der Waals surface area contributed by atoms with Gasteiger partial charge in [-0.25, -0.2) is 9.97 Å². The Hall–Kier alpha value is -3.21. The highest BCUT2D eigenvalue weighted by atomic mass is 15.2. The number of nitrogen functional groups attached to an aromatic ring is 1. The number of aromatic nitrogens is 4. The van der Waals surface area contributed by atoms with E-state index in [2.05, 4.69) is 20.2 Å². The molecule has 22 heavy (non-hydrogen) atoms. The van der Waals surface area contributed by atoms with Crippen LogP contribution in [0.3, 0.4) is 0 Å². The fraction of sp³-hybridized carbons (Fsp3) is 0. The van der Waals surface area contributed by atoms with Gasteiger partial charge in [0.1, 0.15) is 5.82 Å². The first kappa shape index (κ1) is 12.5. The molecule has 0 unspecified atom stereocenters. The molecule has 2 aromatic carbocycles. The minimum atomic E-state index is 0.427. The molecule has 4 aromatic rings. The second-order valence-electron chi connectivity index (χ2n) is 4.96. The van der Waals surface area contributed by atoms with Crippen molar-refractivity contribution < 1.29 is 0 Å². The zero-order chi connectivity index (χ0) is 14.9. The predicted molar refractivity (Wildman–Crippen MR) is 87.0 cm³/mol. The average molecular weight is 287 g/mol. The maximum Gasteiger partial charge on any atom is 0.187 e. The van der Waals surface area contributed by atoms with Crippen molar-refractivity contribution in [2.45, 2.75) is 0 Å². The fourth-order valence-corrected chi connectivity index (χ4v) is 2.48. The Morgan fingerprint density at radius 3 is 2.09 bits per heavy atom. The van der Waals surface area contributed by atoms with E-state index in [0.29, 0.717) is 17.3 Å². The Morgan fingerprint density at radius 2 is 1.41 bits per heavy atom. The summed E-state index contributed by atoms with van der Waals surface area (Å²) in [6.07, 6.45) is 0. The molecule has 0 fully saturated rings. The Labute approximate surface area is 126 Å². The van der Waals surface area contributed by atoms with Gasteiger partial charge in [0.25, 0.3) is 0 Å². The lowest BCUT2D eigenvalue weighted by Gasteiger charge is -2.03. The molecule has 2 heterocycles. The molecular formula is C17H13N5. The Morgan fingerprint density at radius 1 is 0.773 bits per heavy atom. The Bertz CT molecular complexity index is 929. The van der Waals surface area contributed by atoms with Crippen LogP contribution in [0.25, 0.3) is 33.7 Å². The van der Waals surface area contributed by atoms with Crippen molar-refractivity contribution in [2.24, 2.45) is 0 Å². The number of hydrogen-bond acceptors (Lipinski definition) is 4. The van der Waals surface area contributed by atoms with E-state index in [1.807, 2.05) is 60.7 Å². The van der Waals surface area contributed by atoms with E-state index >= 15 is 0 Å². The first-order chi connectivity index (χ1) is 10.8. The molecule has 5 nitrogen and oxygen atoms in total. The van der Waals surface area contributed by atoms with Crippen LogP contribution in [0.15, 0.2) is 60.7 Å². The Balaban J connectivity index is 1.92. The minimum absolute atomic E-state index is 0.427. The third-order valence-corrected chi connectivity index (χ3v) is 3.54. The van der Waals surface area contributed by atoms with Crippen LogP contribution >= 0.6 is 0 Å². The molecule has 0 spiro atoms. The van der Waals surface area contributed by atoms with E-state index in [0.717, 1.165) is 22.2 Å². The van der Waals surface area contributed by atoms with Crippen LogP contribution in [0.1, 0.15) is 0 Å². The first-order valence-electron chi connectivity index (χ1n) is 6.95. The second kappa shape index (κ2) is 4.96. The molecule has 4 rings (SSSR count). The van der Waals surface area contributed by atoms with Gasteiger partial charge in [-0.15, -0.1) is 0 Å². The first-order valence-corrected chi connectivity index (χ1v) is 6.95. The van der Waals surface area contributed by atoms with Crippen LogP contribution in [-0.2, 0) is 0 Å². The summed E-state index contributed by atoms with van der Waals surface area (Å²) in [6, 6.07) is 19.6. The molecule has 5 heteroatoms. The molecule has 3 N–H and O–H groups in total. The van der Waals surface area contributed by atoms with Crippen molar-refractivity contribution in [2.75, 3.05) is 5.73 Å². The maximum absolute atomic E-state index is 6.17. The van der Waals surface area contributed by atoms with Gasteiger partial charge in [0, 0.05) is 11.1 Å². The normalized spacial score (nSPS) is 10.9. The molecular weight excluding hydrogens is 274 g/mol. The summed E-state index contributed by atoms with van der Waals surface area (Å²) in [5.41, 5.74) is 9.50. The number of aromatic amines is 1. The average Bonchev–Trinajstić information content (AvgIpc) is 3.01. The van der Waals surface area contributed by atoms with Crippen LogP contribution in [0.2, 0.25) is 0 Å². The second-order valence-corrected chi connectivity index (χ2v) is 4.96. The summed E-state index contributed by atoms with van der Waals surface area (Å²) in [5.74, 6) is 1.01. The lowest BCUT2D eigenvalue weighted by molar-refractivity contribution is 1.09. The zero-order valence-corrected chi connectivity index (χ0v) is 11.7. The molecule has 106 valence electrons. The van der Waals surface area contributed by atoms with Gasteiger partial charge >= 0.3 is 0 Å². The molecule has 0 aliphatic heterocycles. The smallest absolute Gasteiger partial charge is 0.187 e. The van der Waals surface area contributed by atoms with Crippen molar-refractivity contribution in [1.29, 1.82) is 0 Å². The minimum Gasteiger partial charge on any atom is -0.383 e. The molecule has 0 saturated heterocycles. The lowest BCUT2D eigenvalue weighted by Crippen LogP contribution is -1.97. The highest BCUT2D eigenvalue weighted by Crippen LogP contribution is 2.30. The topological polar surface area (TPSA) is 80.5 Å². The number of fused-ring (bicyclic) bond motifs is 1. The van der Waals surface area contributed by atoms with Gasteiger partial charge in [-0.1, -0.05) is 60.7 Å². The van der Waals surface area contributed by atoms with E-state index in [4.69, 9.17) is 5.73 Å². The molecule has 0 atom stereocenters. The lowest BCUT2D eigenvalue weighted by atomic mass is 10.1. The van der Waals surface area contributed by atoms with Crippen LogP contribution in [0.5, 0.6) is 0 Å². The van der Waals surface area contributed by atoms with Crippen LogP contribution in [0.4, 0.5) is 5.82 Å². The number of benzene rings is 2. The van der Waals surface area contributed by atoms with E-state index in [9.17, 15) is 0 Å². The van der Waals surface area contributed by atoms with Gasteiger partial charge in [0.05, 0.1) is 11.1 Å². The van der Waals surface area contributed by atoms with Gasteiger partial charge in [0.15, 0.2) is 11.5 Å². The summed E-state index contributed by atoms with van der Waals surface area (Å²) >= 11 is 0. The highest BCUT2D eigenvalue weighted by Gasteiger charge is 2.15. The number of H-pyrrole nitrogens is 1. The summed E-state index contributed by atoms with van der Waals surface area (Å²) < 4.78 is 0. The number of nitrogens with one attached hydrogen (secondary N) is 1. The third kappa shape index (κ3) is 2.00. The highest BCUT2D eigenvalue weighted by molar-refractivity contribution is 5.98. The van der Waals surface area contributed by atoms with Crippen LogP contribution in [0, 0.1) is 0 Å². The van der Waals surface area contributed by atoms with Gasteiger partial charge in [-0.3, -0.25) is 5.10 Å².